The Morgan fingerprint density at radius 1 is 1.14 bits per heavy atom. The van der Waals surface area contributed by atoms with Crippen LogP contribution >= 0.6 is 0 Å². The Labute approximate surface area is 169 Å². The first kappa shape index (κ1) is 21.5. The smallest absolute Gasteiger partial charge is 0.416 e. The van der Waals surface area contributed by atoms with Crippen LogP contribution in [0.3, 0.4) is 0 Å². The summed E-state index contributed by atoms with van der Waals surface area (Å²) >= 11 is 0. The highest BCUT2D eigenvalue weighted by Crippen LogP contribution is 2.31. The van der Waals surface area contributed by atoms with E-state index in [4.69, 9.17) is 15.2 Å². The highest BCUT2D eigenvalue weighted by Gasteiger charge is 2.30. The number of nitrogens with zero attached hydrogens (tertiary/aromatic N) is 1. The Bertz CT molecular complexity index is 809. The van der Waals surface area contributed by atoms with Crippen molar-refractivity contribution in [2.45, 2.75) is 44.1 Å². The second-order valence-electron chi connectivity index (χ2n) is 7.58. The largest absolute Gasteiger partial charge is 0.497 e. The van der Waals surface area contributed by atoms with Crippen LogP contribution in [0.15, 0.2) is 42.5 Å². The minimum Gasteiger partial charge on any atom is -0.497 e. The van der Waals surface area contributed by atoms with Gasteiger partial charge in [0.15, 0.2) is 0 Å². The Hall–Kier alpha value is -2.25. The van der Waals surface area contributed by atoms with E-state index >= 15 is 0 Å². The molecule has 0 saturated carbocycles. The van der Waals surface area contributed by atoms with E-state index in [1.165, 1.54) is 12.1 Å². The summed E-state index contributed by atoms with van der Waals surface area (Å²) in [5.41, 5.74) is 7.17. The van der Waals surface area contributed by atoms with Gasteiger partial charge in [0.05, 0.1) is 12.7 Å². The molecule has 4 nitrogen and oxygen atoms in total. The first-order valence-electron chi connectivity index (χ1n) is 9.68. The average Bonchev–Trinajstić information content (AvgIpc) is 2.69. The fraction of sp³-hybridized carbons (Fsp3) is 0.455. The molecule has 0 aliphatic carbocycles. The maximum atomic E-state index is 12.7. The summed E-state index contributed by atoms with van der Waals surface area (Å²) in [6, 6.07) is 11.2. The van der Waals surface area contributed by atoms with Crippen LogP contribution in [0.1, 0.15) is 29.5 Å². The minimum absolute atomic E-state index is 0.192. The molecular weight excluding hydrogens is 381 g/mol. The number of methoxy groups -OCH3 is 1. The quantitative estimate of drug-likeness (QED) is 0.776. The standard InChI is InChI=1S/C22H27F3N2O2/c1-27-10-9-18(26)13-19(27)11-16-12-20(28-2)7-8-21(16)29-14-15-3-5-17(6-4-15)22(23,24)25/h3-8,12,18-19H,9-11,13-14,26H2,1-2H3. The van der Waals surface area contributed by atoms with Gasteiger partial charge in [-0.15, -0.1) is 0 Å². The van der Waals surface area contributed by atoms with Gasteiger partial charge in [0.2, 0.25) is 0 Å². The number of halogens is 3. The van der Waals surface area contributed by atoms with Crippen LogP contribution in [0.25, 0.3) is 0 Å². The number of benzene rings is 2. The molecule has 0 bridgehead atoms. The molecule has 3 rings (SSSR count). The summed E-state index contributed by atoms with van der Waals surface area (Å²) in [4.78, 5) is 2.31. The van der Waals surface area contributed by atoms with Gasteiger partial charge >= 0.3 is 6.18 Å². The van der Waals surface area contributed by atoms with Crippen molar-refractivity contribution in [2.24, 2.45) is 5.73 Å². The van der Waals surface area contributed by atoms with Gasteiger partial charge in [-0.3, -0.25) is 0 Å². The molecule has 7 heteroatoms. The van der Waals surface area contributed by atoms with E-state index in [9.17, 15) is 13.2 Å². The lowest BCUT2D eigenvalue weighted by molar-refractivity contribution is -0.137. The van der Waals surface area contributed by atoms with Gasteiger partial charge in [-0.25, -0.2) is 0 Å². The third-order valence-corrected chi connectivity index (χ3v) is 5.45. The number of nitrogens with two attached hydrogens (primary N) is 1. The molecule has 2 unspecified atom stereocenters. The summed E-state index contributed by atoms with van der Waals surface area (Å²) in [6.07, 6.45) is -1.67. The van der Waals surface area contributed by atoms with Crippen LogP contribution < -0.4 is 15.2 Å². The average molecular weight is 408 g/mol. The van der Waals surface area contributed by atoms with Gasteiger partial charge in [0.25, 0.3) is 0 Å². The fourth-order valence-electron chi connectivity index (χ4n) is 3.63. The van der Waals surface area contributed by atoms with Crippen LogP contribution in [0.2, 0.25) is 0 Å². The number of alkyl halides is 3. The van der Waals surface area contributed by atoms with E-state index in [1.54, 1.807) is 7.11 Å². The third kappa shape index (κ3) is 5.64. The molecule has 1 heterocycles. The highest BCUT2D eigenvalue weighted by molar-refractivity contribution is 5.41. The number of piperidine rings is 1. The van der Waals surface area contributed by atoms with Crippen molar-refractivity contribution in [3.8, 4) is 11.5 Å². The van der Waals surface area contributed by atoms with Crippen LogP contribution in [-0.4, -0.2) is 37.7 Å². The summed E-state index contributed by atoms with van der Waals surface area (Å²) in [6.45, 7) is 1.15. The van der Waals surface area contributed by atoms with Crippen LogP contribution in [0.5, 0.6) is 11.5 Å². The summed E-state index contributed by atoms with van der Waals surface area (Å²) in [7, 11) is 3.71. The predicted molar refractivity (Wildman–Crippen MR) is 106 cm³/mol. The van der Waals surface area contributed by atoms with E-state index in [2.05, 4.69) is 11.9 Å². The molecule has 158 valence electrons. The van der Waals surface area contributed by atoms with Crippen molar-refractivity contribution in [3.05, 3.63) is 59.2 Å². The van der Waals surface area contributed by atoms with Crippen LogP contribution in [0, 0.1) is 0 Å². The number of ether oxygens (including phenoxy) is 2. The van der Waals surface area contributed by atoms with Crippen molar-refractivity contribution in [1.29, 1.82) is 0 Å². The monoisotopic (exact) mass is 408 g/mol. The lowest BCUT2D eigenvalue weighted by Crippen LogP contribution is -2.45. The molecule has 0 radical (unpaired) electrons. The van der Waals surface area contributed by atoms with E-state index < -0.39 is 11.7 Å². The minimum atomic E-state index is -4.34. The van der Waals surface area contributed by atoms with Crippen molar-refractivity contribution in [2.75, 3.05) is 20.7 Å². The second kappa shape index (κ2) is 9.05. The topological polar surface area (TPSA) is 47.7 Å². The Balaban J connectivity index is 1.73. The zero-order chi connectivity index (χ0) is 21.0. The van der Waals surface area contributed by atoms with Crippen LogP contribution in [0.4, 0.5) is 13.2 Å². The van der Waals surface area contributed by atoms with Crippen molar-refractivity contribution >= 4 is 0 Å². The van der Waals surface area contributed by atoms with Gasteiger partial charge in [0, 0.05) is 12.1 Å². The van der Waals surface area contributed by atoms with Crippen LogP contribution in [-0.2, 0) is 19.2 Å². The fourth-order valence-corrected chi connectivity index (χ4v) is 3.63. The van der Waals surface area contributed by atoms with Gasteiger partial charge in [0.1, 0.15) is 18.1 Å². The molecule has 0 amide bonds. The lowest BCUT2D eigenvalue weighted by Gasteiger charge is -2.36. The molecule has 2 aromatic rings. The molecule has 2 N–H and O–H groups in total. The normalized spacial score (nSPS) is 20.5. The van der Waals surface area contributed by atoms with E-state index in [1.807, 2.05) is 18.2 Å². The molecule has 1 aliphatic heterocycles. The van der Waals surface area contributed by atoms with E-state index in [-0.39, 0.29) is 12.6 Å². The molecule has 1 fully saturated rings. The molecule has 1 aliphatic rings. The molecule has 2 aromatic carbocycles. The maximum absolute atomic E-state index is 12.7. The van der Waals surface area contributed by atoms with Crippen molar-refractivity contribution in [3.63, 3.8) is 0 Å². The van der Waals surface area contributed by atoms with Gasteiger partial charge in [-0.2, -0.15) is 13.2 Å². The predicted octanol–water partition coefficient (Wildman–Crippen LogP) is 4.26. The molecule has 29 heavy (non-hydrogen) atoms. The van der Waals surface area contributed by atoms with Crippen molar-refractivity contribution < 1.29 is 22.6 Å². The van der Waals surface area contributed by atoms with Gasteiger partial charge in [-0.05, 0) is 74.3 Å². The second-order valence-corrected chi connectivity index (χ2v) is 7.58. The van der Waals surface area contributed by atoms with Gasteiger partial charge in [-0.1, -0.05) is 12.1 Å². The number of rotatable bonds is 6. The van der Waals surface area contributed by atoms with E-state index in [0.717, 1.165) is 49.3 Å². The van der Waals surface area contributed by atoms with Crippen molar-refractivity contribution in [1.82, 2.24) is 4.90 Å². The summed E-state index contributed by atoms with van der Waals surface area (Å²) in [5.74, 6) is 1.45. The number of hydrogen-bond acceptors (Lipinski definition) is 4. The maximum Gasteiger partial charge on any atom is 0.416 e. The third-order valence-electron chi connectivity index (χ3n) is 5.45. The summed E-state index contributed by atoms with van der Waals surface area (Å²) in [5, 5.41) is 0. The zero-order valence-electron chi connectivity index (χ0n) is 16.7. The lowest BCUT2D eigenvalue weighted by atomic mass is 9.93. The Kier molecular flexibility index (Phi) is 6.70. The summed E-state index contributed by atoms with van der Waals surface area (Å²) < 4.78 is 49.5. The molecule has 0 aromatic heterocycles. The first-order chi connectivity index (χ1) is 13.8. The molecule has 1 saturated heterocycles. The number of likely N-dealkylation sites (N-methyl/N-ethyl adjacent to an activating group) is 1. The molecule has 0 spiro atoms. The number of hydrogen-bond donors (Lipinski definition) is 1. The molecular formula is C22H27F3N2O2. The Morgan fingerprint density at radius 2 is 1.86 bits per heavy atom. The zero-order valence-corrected chi connectivity index (χ0v) is 16.7. The van der Waals surface area contributed by atoms with Gasteiger partial charge < -0.3 is 20.1 Å². The number of likely N-dealkylation sites (tertiary alicyclic amines) is 1. The first-order valence-corrected chi connectivity index (χ1v) is 9.68. The highest BCUT2D eigenvalue weighted by atomic mass is 19.4. The van der Waals surface area contributed by atoms with E-state index in [0.29, 0.717) is 17.4 Å². The SMILES string of the molecule is COc1ccc(OCc2ccc(C(F)(F)F)cc2)c(CC2CC(N)CCN2C)c1. The Morgan fingerprint density at radius 3 is 2.52 bits per heavy atom. The molecule has 2 atom stereocenters.